The number of carbonyl (C=O) groups is 2. The predicted molar refractivity (Wildman–Crippen MR) is 99.8 cm³/mol. The van der Waals surface area contributed by atoms with Gasteiger partial charge in [-0.1, -0.05) is 12.1 Å². The van der Waals surface area contributed by atoms with Crippen molar-refractivity contribution in [3.05, 3.63) is 29.8 Å². The Balaban J connectivity index is 1.94. The van der Waals surface area contributed by atoms with Gasteiger partial charge in [-0.3, -0.25) is 4.79 Å². The maximum Gasteiger partial charge on any atom is 0.341 e. The summed E-state index contributed by atoms with van der Waals surface area (Å²) < 4.78 is 30.6. The van der Waals surface area contributed by atoms with E-state index in [1.54, 1.807) is 43.1 Å². The predicted octanol–water partition coefficient (Wildman–Crippen LogP) is 1.17. The first-order chi connectivity index (χ1) is 12.7. The van der Waals surface area contributed by atoms with Crippen molar-refractivity contribution in [3.8, 4) is 5.75 Å². The molecule has 150 valence electrons. The number of rotatable bonds is 8. The Kier molecular flexibility index (Phi) is 7.20. The lowest BCUT2D eigenvalue weighted by atomic mass is 9.98. The van der Waals surface area contributed by atoms with Crippen LogP contribution in [0.15, 0.2) is 24.3 Å². The van der Waals surface area contributed by atoms with Gasteiger partial charge in [0, 0.05) is 26.7 Å². The lowest BCUT2D eigenvalue weighted by Crippen LogP contribution is -2.46. The molecular weight excluding hydrogens is 372 g/mol. The van der Waals surface area contributed by atoms with Crippen LogP contribution >= 0.6 is 0 Å². The molecule has 1 saturated heterocycles. The minimum atomic E-state index is -3.28. The van der Waals surface area contributed by atoms with Crippen LogP contribution in [0.1, 0.15) is 25.3 Å². The largest absolute Gasteiger partial charge is 0.482 e. The van der Waals surface area contributed by atoms with Crippen LogP contribution < -0.4 is 4.74 Å². The van der Waals surface area contributed by atoms with Crippen LogP contribution in [0.25, 0.3) is 0 Å². The molecule has 0 aromatic heterocycles. The molecule has 0 saturated carbocycles. The number of aliphatic carboxylic acids is 1. The highest BCUT2D eigenvalue weighted by Gasteiger charge is 2.32. The fraction of sp³-hybridized carbons (Fsp3) is 0.556. The van der Waals surface area contributed by atoms with Crippen LogP contribution in [-0.4, -0.2) is 67.1 Å². The third kappa shape index (κ3) is 5.93. The van der Waals surface area contributed by atoms with Gasteiger partial charge in [-0.2, -0.15) is 0 Å². The number of piperidine rings is 1. The first-order valence-corrected chi connectivity index (χ1v) is 10.5. The molecule has 1 atom stereocenters. The molecule has 0 radical (unpaired) electrons. The van der Waals surface area contributed by atoms with E-state index in [4.69, 9.17) is 9.84 Å². The summed E-state index contributed by atoms with van der Waals surface area (Å²) in [4.78, 5) is 24.8. The smallest absolute Gasteiger partial charge is 0.341 e. The number of ether oxygens (including phenoxy) is 1. The van der Waals surface area contributed by atoms with E-state index in [1.807, 2.05) is 0 Å². The van der Waals surface area contributed by atoms with E-state index in [0.717, 1.165) is 5.56 Å². The highest BCUT2D eigenvalue weighted by Crippen LogP contribution is 2.22. The molecule has 1 aromatic carbocycles. The quantitative estimate of drug-likeness (QED) is 0.705. The molecule has 1 amide bonds. The number of sulfonamides is 1. The average molecular weight is 398 g/mol. The molecule has 1 heterocycles. The van der Waals surface area contributed by atoms with Gasteiger partial charge >= 0.3 is 5.97 Å². The molecule has 1 fully saturated rings. The fourth-order valence-corrected chi connectivity index (χ4v) is 4.26. The van der Waals surface area contributed by atoms with Gasteiger partial charge in [-0.15, -0.1) is 0 Å². The van der Waals surface area contributed by atoms with Gasteiger partial charge in [-0.05, 0) is 37.5 Å². The summed E-state index contributed by atoms with van der Waals surface area (Å²) in [6, 6.07) is 6.87. The molecule has 9 heteroatoms. The number of carboxylic acids is 1. The van der Waals surface area contributed by atoms with Crippen LogP contribution in [0.3, 0.4) is 0 Å². The molecule has 1 N–H and O–H groups in total. The Hall–Kier alpha value is -2.13. The zero-order chi connectivity index (χ0) is 20.0. The number of carbonyl (C=O) groups excluding carboxylic acids is 1. The van der Waals surface area contributed by atoms with Crippen LogP contribution in [0, 0.1) is 5.92 Å². The van der Waals surface area contributed by atoms with Gasteiger partial charge in [0.2, 0.25) is 15.9 Å². The molecule has 27 heavy (non-hydrogen) atoms. The van der Waals surface area contributed by atoms with Gasteiger partial charge < -0.3 is 14.7 Å². The Morgan fingerprint density at radius 3 is 2.56 bits per heavy atom. The van der Waals surface area contributed by atoms with Crippen molar-refractivity contribution in [1.82, 2.24) is 9.21 Å². The molecule has 1 unspecified atom stereocenters. The van der Waals surface area contributed by atoms with Crippen molar-refractivity contribution in [1.29, 1.82) is 0 Å². The van der Waals surface area contributed by atoms with E-state index in [1.165, 1.54) is 4.31 Å². The number of hydrogen-bond acceptors (Lipinski definition) is 5. The summed E-state index contributed by atoms with van der Waals surface area (Å²) >= 11 is 0. The lowest BCUT2D eigenvalue weighted by molar-refractivity contribution is -0.139. The lowest BCUT2D eigenvalue weighted by Gasteiger charge is -2.33. The van der Waals surface area contributed by atoms with Crippen molar-refractivity contribution in [2.45, 2.75) is 26.3 Å². The van der Waals surface area contributed by atoms with Gasteiger partial charge in [-0.25, -0.2) is 17.5 Å². The van der Waals surface area contributed by atoms with Crippen molar-refractivity contribution in [2.75, 3.05) is 32.5 Å². The molecule has 0 bridgehead atoms. The van der Waals surface area contributed by atoms with Crippen molar-refractivity contribution >= 4 is 21.9 Å². The maximum absolute atomic E-state index is 12.7. The van der Waals surface area contributed by atoms with Crippen LogP contribution in [-0.2, 0) is 26.2 Å². The molecule has 8 nitrogen and oxygen atoms in total. The van der Waals surface area contributed by atoms with Gasteiger partial charge in [0.25, 0.3) is 0 Å². The third-order valence-electron chi connectivity index (χ3n) is 4.57. The summed E-state index contributed by atoms with van der Waals surface area (Å²) in [5.74, 6) is -0.959. The van der Waals surface area contributed by atoms with E-state index in [2.05, 4.69) is 0 Å². The molecular formula is C18H26N2O6S. The van der Waals surface area contributed by atoms with Gasteiger partial charge in [0.05, 0.1) is 11.7 Å². The second-order valence-electron chi connectivity index (χ2n) is 6.62. The second kappa shape index (κ2) is 9.18. The molecule has 0 spiro atoms. The molecule has 1 aliphatic heterocycles. The zero-order valence-corrected chi connectivity index (χ0v) is 16.4. The van der Waals surface area contributed by atoms with Crippen molar-refractivity contribution in [2.24, 2.45) is 5.92 Å². The number of carboxylic acid groups (broad SMARTS) is 1. The van der Waals surface area contributed by atoms with E-state index in [9.17, 15) is 18.0 Å². The molecule has 0 aliphatic carbocycles. The van der Waals surface area contributed by atoms with E-state index < -0.39 is 22.6 Å². The SMILES string of the molecule is CCS(=O)(=O)N1CCCC(C(=O)N(C)Cc2ccc(OCC(=O)O)cc2)C1. The second-order valence-corrected chi connectivity index (χ2v) is 8.88. The summed E-state index contributed by atoms with van der Waals surface area (Å²) in [5, 5.41) is 8.61. The minimum absolute atomic E-state index is 0.0417. The Labute approximate surface area is 159 Å². The Morgan fingerprint density at radius 2 is 1.96 bits per heavy atom. The fourth-order valence-electron chi connectivity index (χ4n) is 3.08. The Morgan fingerprint density at radius 1 is 1.30 bits per heavy atom. The number of nitrogens with zero attached hydrogens (tertiary/aromatic N) is 2. The molecule has 1 aromatic rings. The maximum atomic E-state index is 12.7. The first kappa shape index (κ1) is 21.2. The van der Waals surface area contributed by atoms with Crippen molar-refractivity contribution < 1.29 is 27.9 Å². The third-order valence-corrected chi connectivity index (χ3v) is 6.42. The monoisotopic (exact) mass is 398 g/mol. The summed E-state index contributed by atoms with van der Waals surface area (Å²) in [5.41, 5.74) is 0.877. The normalized spacial score (nSPS) is 18.1. The highest BCUT2D eigenvalue weighted by molar-refractivity contribution is 7.89. The summed E-state index contributed by atoms with van der Waals surface area (Å²) in [6.07, 6.45) is 1.36. The van der Waals surface area contributed by atoms with Gasteiger partial charge in [0.1, 0.15) is 5.75 Å². The molecule has 1 aliphatic rings. The van der Waals surface area contributed by atoms with Crippen molar-refractivity contribution in [3.63, 3.8) is 0 Å². The average Bonchev–Trinajstić information content (AvgIpc) is 2.66. The zero-order valence-electron chi connectivity index (χ0n) is 15.6. The van der Waals surface area contributed by atoms with E-state index in [-0.39, 0.29) is 24.1 Å². The Bertz CT molecular complexity index is 763. The highest BCUT2D eigenvalue weighted by atomic mass is 32.2. The van der Waals surface area contributed by atoms with Crippen LogP contribution in [0.2, 0.25) is 0 Å². The number of benzene rings is 1. The standard InChI is InChI=1S/C18H26N2O6S/c1-3-27(24,25)20-10-4-5-15(12-20)18(23)19(2)11-14-6-8-16(9-7-14)26-13-17(21)22/h6-9,15H,3-5,10-13H2,1-2H3,(H,21,22). The van der Waals surface area contributed by atoms with E-state index >= 15 is 0 Å². The van der Waals surface area contributed by atoms with Gasteiger partial charge in [0.15, 0.2) is 6.61 Å². The summed E-state index contributed by atoms with van der Waals surface area (Å²) in [7, 11) is -1.58. The minimum Gasteiger partial charge on any atom is -0.482 e. The first-order valence-electron chi connectivity index (χ1n) is 8.89. The topological polar surface area (TPSA) is 104 Å². The van der Waals surface area contributed by atoms with E-state index in [0.29, 0.717) is 31.7 Å². The summed E-state index contributed by atoms with van der Waals surface area (Å²) in [6.45, 7) is 2.30. The van der Waals surface area contributed by atoms with Crippen LogP contribution in [0.5, 0.6) is 5.75 Å². The molecule has 2 rings (SSSR count). The number of amides is 1. The van der Waals surface area contributed by atoms with Crippen LogP contribution in [0.4, 0.5) is 0 Å². The number of hydrogen-bond donors (Lipinski definition) is 1.